The molecule has 0 bridgehead atoms. The predicted molar refractivity (Wildman–Crippen MR) is 208 cm³/mol. The Bertz CT molecular complexity index is 3010. The molecule has 1 spiro atoms. The molecular formula is C48H28N2O. The minimum Gasteiger partial charge on any atom is -0.454 e. The quantitative estimate of drug-likeness (QED) is 0.187. The number of fused-ring (bicyclic) bond motifs is 16. The fraction of sp³-hybridized carbons (Fsp3) is 0.0208. The van der Waals surface area contributed by atoms with Crippen LogP contribution in [0.25, 0.3) is 82.9 Å². The molecule has 0 fully saturated rings. The molecule has 0 atom stereocenters. The summed E-state index contributed by atoms with van der Waals surface area (Å²) in [5.41, 5.74) is 18.5. The van der Waals surface area contributed by atoms with Gasteiger partial charge in [0.25, 0.3) is 0 Å². The molecule has 236 valence electrons. The zero-order chi connectivity index (χ0) is 33.3. The van der Waals surface area contributed by atoms with Crippen LogP contribution in [0.5, 0.6) is 0 Å². The van der Waals surface area contributed by atoms with Gasteiger partial charge in [-0.15, -0.1) is 0 Å². The van der Waals surface area contributed by atoms with Crippen molar-refractivity contribution in [2.24, 2.45) is 0 Å². The zero-order valence-corrected chi connectivity index (χ0v) is 27.5. The minimum absolute atomic E-state index is 0.476. The minimum atomic E-state index is -0.476. The van der Waals surface area contributed by atoms with Crippen molar-refractivity contribution in [1.82, 2.24) is 9.55 Å². The third-order valence-corrected chi connectivity index (χ3v) is 11.5. The second-order valence-corrected chi connectivity index (χ2v) is 13.9. The van der Waals surface area contributed by atoms with E-state index in [9.17, 15) is 0 Å². The largest absolute Gasteiger partial charge is 0.454 e. The molecule has 0 saturated heterocycles. The Morgan fingerprint density at radius 2 is 1.02 bits per heavy atom. The maximum Gasteiger partial charge on any atom is 0.153 e. The molecule has 7 aromatic carbocycles. The van der Waals surface area contributed by atoms with Crippen molar-refractivity contribution in [3.05, 3.63) is 192 Å². The van der Waals surface area contributed by atoms with Gasteiger partial charge in [0, 0.05) is 28.0 Å². The molecule has 3 heteroatoms. The molecule has 2 aliphatic carbocycles. The Kier molecular flexibility index (Phi) is 5.17. The van der Waals surface area contributed by atoms with Gasteiger partial charge in [-0.3, -0.25) is 4.98 Å². The van der Waals surface area contributed by atoms with Crippen LogP contribution in [0.15, 0.2) is 174 Å². The summed E-state index contributed by atoms with van der Waals surface area (Å²) in [6, 6.07) is 60.2. The third-order valence-electron chi connectivity index (χ3n) is 11.5. The summed E-state index contributed by atoms with van der Waals surface area (Å²) in [6.45, 7) is 0. The van der Waals surface area contributed by atoms with Crippen molar-refractivity contribution in [2.45, 2.75) is 5.41 Å². The smallest absolute Gasteiger partial charge is 0.153 e. The molecule has 3 nitrogen and oxygen atoms in total. The number of pyridine rings is 1. The van der Waals surface area contributed by atoms with Gasteiger partial charge >= 0.3 is 0 Å². The van der Waals surface area contributed by atoms with E-state index in [-0.39, 0.29) is 0 Å². The maximum absolute atomic E-state index is 6.14. The Labute approximate surface area is 293 Å². The fourth-order valence-corrected chi connectivity index (χ4v) is 9.42. The first-order valence-corrected chi connectivity index (χ1v) is 17.5. The second-order valence-electron chi connectivity index (χ2n) is 13.9. The second kappa shape index (κ2) is 9.71. The molecule has 0 aliphatic heterocycles. The summed E-state index contributed by atoms with van der Waals surface area (Å²) in [7, 11) is 0. The van der Waals surface area contributed by atoms with Crippen molar-refractivity contribution in [3.8, 4) is 39.1 Å². The van der Waals surface area contributed by atoms with Gasteiger partial charge in [-0.05, 0) is 110 Å². The van der Waals surface area contributed by atoms with E-state index in [1.54, 1.807) is 0 Å². The van der Waals surface area contributed by atoms with Gasteiger partial charge in [0.1, 0.15) is 11.1 Å². The molecule has 0 saturated carbocycles. The summed E-state index contributed by atoms with van der Waals surface area (Å²) >= 11 is 0. The van der Waals surface area contributed by atoms with Crippen LogP contribution in [0.3, 0.4) is 0 Å². The molecular weight excluding hydrogens is 621 g/mol. The molecule has 0 N–H and O–H groups in total. The Hall–Kier alpha value is -6.71. The van der Waals surface area contributed by atoms with Gasteiger partial charge in [-0.2, -0.15) is 0 Å². The van der Waals surface area contributed by atoms with Crippen LogP contribution < -0.4 is 0 Å². The highest BCUT2D eigenvalue weighted by molar-refractivity contribution is 6.09. The van der Waals surface area contributed by atoms with Crippen LogP contribution >= 0.6 is 0 Å². The van der Waals surface area contributed by atoms with E-state index in [0.717, 1.165) is 27.6 Å². The standard InChI is InChI=1S/C48H28N2O/c1-5-14-39-32(10-1)33-11-2-6-15-40(33)48(39)41-27-30(29-20-24-45-38(26-29)47-46(51-45)18-9-25-49-47)19-22-34(41)35-23-21-31(28-42(35)48)50-43-16-7-3-12-36(43)37-13-4-8-17-44(37)50/h1-28H. The van der Waals surface area contributed by atoms with E-state index in [2.05, 4.69) is 161 Å². The highest BCUT2D eigenvalue weighted by Crippen LogP contribution is 2.63. The number of para-hydroxylation sites is 2. The van der Waals surface area contributed by atoms with Gasteiger partial charge < -0.3 is 8.98 Å². The van der Waals surface area contributed by atoms with Gasteiger partial charge in [0.05, 0.1) is 16.4 Å². The summed E-state index contributed by atoms with van der Waals surface area (Å²) in [6.07, 6.45) is 1.84. The monoisotopic (exact) mass is 648 g/mol. The van der Waals surface area contributed by atoms with Crippen molar-refractivity contribution in [1.29, 1.82) is 0 Å². The lowest BCUT2D eigenvalue weighted by atomic mass is 9.70. The number of benzene rings is 7. The normalized spacial score (nSPS) is 13.6. The number of nitrogens with zero attached hydrogens (tertiary/aromatic N) is 2. The van der Waals surface area contributed by atoms with E-state index < -0.39 is 5.41 Å². The molecule has 51 heavy (non-hydrogen) atoms. The Morgan fingerprint density at radius 3 is 1.76 bits per heavy atom. The van der Waals surface area contributed by atoms with Gasteiger partial charge in [0.15, 0.2) is 5.58 Å². The summed E-state index contributed by atoms with van der Waals surface area (Å²) in [5.74, 6) is 0. The maximum atomic E-state index is 6.14. The SMILES string of the molecule is c1ccc2c(c1)-c1ccccc1C21c2cc(-c3ccc4oc5cccnc5c4c3)ccc2-c2ccc(-n3c4ccccc4c4ccccc43)cc21. The lowest BCUT2D eigenvalue weighted by Gasteiger charge is -2.31. The van der Waals surface area contributed by atoms with Crippen LogP contribution in [0, 0.1) is 0 Å². The molecule has 12 rings (SSSR count). The lowest BCUT2D eigenvalue weighted by Crippen LogP contribution is -2.26. The molecule has 3 heterocycles. The van der Waals surface area contributed by atoms with E-state index in [4.69, 9.17) is 4.42 Å². The van der Waals surface area contributed by atoms with Crippen LogP contribution in [0.2, 0.25) is 0 Å². The van der Waals surface area contributed by atoms with Crippen LogP contribution in [0.1, 0.15) is 22.3 Å². The number of aromatic nitrogens is 2. The molecule has 0 amide bonds. The lowest BCUT2D eigenvalue weighted by molar-refractivity contribution is 0.668. The third kappa shape index (κ3) is 3.40. The van der Waals surface area contributed by atoms with E-state index in [0.29, 0.717) is 0 Å². The fourth-order valence-electron chi connectivity index (χ4n) is 9.42. The van der Waals surface area contributed by atoms with E-state index in [1.807, 2.05) is 18.3 Å². The summed E-state index contributed by atoms with van der Waals surface area (Å²) in [4.78, 5) is 4.67. The van der Waals surface area contributed by atoms with Crippen LogP contribution in [0.4, 0.5) is 0 Å². The van der Waals surface area contributed by atoms with E-state index in [1.165, 1.54) is 77.6 Å². The molecule has 10 aromatic rings. The van der Waals surface area contributed by atoms with Gasteiger partial charge in [-0.1, -0.05) is 109 Å². The van der Waals surface area contributed by atoms with E-state index >= 15 is 0 Å². The van der Waals surface area contributed by atoms with Crippen molar-refractivity contribution >= 4 is 43.9 Å². The number of hydrogen-bond donors (Lipinski definition) is 0. The zero-order valence-electron chi connectivity index (χ0n) is 27.5. The predicted octanol–water partition coefficient (Wildman–Crippen LogP) is 12.1. The van der Waals surface area contributed by atoms with Crippen LogP contribution in [-0.2, 0) is 5.41 Å². The highest BCUT2D eigenvalue weighted by atomic mass is 16.3. The van der Waals surface area contributed by atoms with Crippen LogP contribution in [-0.4, -0.2) is 9.55 Å². The Balaban J connectivity index is 1.15. The first-order valence-electron chi connectivity index (χ1n) is 17.5. The van der Waals surface area contributed by atoms with Crippen molar-refractivity contribution in [2.75, 3.05) is 0 Å². The van der Waals surface area contributed by atoms with Crippen molar-refractivity contribution < 1.29 is 4.42 Å². The van der Waals surface area contributed by atoms with Gasteiger partial charge in [-0.25, -0.2) is 0 Å². The number of furan rings is 1. The first-order chi connectivity index (χ1) is 25.3. The molecule has 2 aliphatic rings. The highest BCUT2D eigenvalue weighted by Gasteiger charge is 2.51. The average Bonchev–Trinajstić information content (AvgIpc) is 3.91. The first kappa shape index (κ1) is 27.2. The molecule has 0 unspecified atom stereocenters. The average molecular weight is 649 g/mol. The number of hydrogen-bond acceptors (Lipinski definition) is 2. The Morgan fingerprint density at radius 1 is 0.431 bits per heavy atom. The summed E-state index contributed by atoms with van der Waals surface area (Å²) < 4.78 is 8.59. The van der Waals surface area contributed by atoms with Gasteiger partial charge in [0.2, 0.25) is 0 Å². The van der Waals surface area contributed by atoms with Crippen molar-refractivity contribution in [3.63, 3.8) is 0 Å². The molecule has 0 radical (unpaired) electrons. The summed E-state index contributed by atoms with van der Waals surface area (Å²) in [5, 5.41) is 3.57. The topological polar surface area (TPSA) is 31.0 Å². The number of rotatable bonds is 2. The molecule has 3 aromatic heterocycles.